The Balaban J connectivity index is 1.45. The third kappa shape index (κ3) is 3.40. The minimum Gasteiger partial charge on any atom is -0.358 e. The highest BCUT2D eigenvalue weighted by Crippen LogP contribution is 2.54. The van der Waals surface area contributed by atoms with Gasteiger partial charge in [-0.25, -0.2) is 0 Å². The molecule has 0 unspecified atom stereocenters. The van der Waals surface area contributed by atoms with Crippen molar-refractivity contribution < 1.29 is 19.3 Å². The van der Waals surface area contributed by atoms with E-state index in [0.717, 1.165) is 16.7 Å². The molecular formula is C29H23N3O5. The Morgan fingerprint density at radius 3 is 2.24 bits per heavy atom. The lowest BCUT2D eigenvalue weighted by Gasteiger charge is -2.36. The second-order valence-electron chi connectivity index (χ2n) is 9.63. The maximum absolute atomic E-state index is 14.0. The van der Waals surface area contributed by atoms with Crippen molar-refractivity contribution >= 4 is 29.4 Å². The molecule has 6 rings (SSSR count). The minimum absolute atomic E-state index is 0.125. The van der Waals surface area contributed by atoms with Crippen LogP contribution in [0.3, 0.4) is 0 Å². The minimum atomic E-state index is -0.912. The number of non-ortho nitro benzene ring substituents is 1. The number of likely N-dealkylation sites (tertiary alicyclic amines) is 1. The first-order chi connectivity index (χ1) is 17.9. The average Bonchev–Trinajstić information content (AvgIpc) is 3.40. The predicted octanol–water partition coefficient (Wildman–Crippen LogP) is 4.55. The van der Waals surface area contributed by atoms with Gasteiger partial charge < -0.3 is 4.90 Å². The van der Waals surface area contributed by atoms with Crippen LogP contribution in [-0.4, -0.2) is 38.4 Å². The number of carbonyl (C=O) groups is 3. The summed E-state index contributed by atoms with van der Waals surface area (Å²) in [4.78, 5) is 55.6. The van der Waals surface area contributed by atoms with E-state index in [0.29, 0.717) is 0 Å². The predicted molar refractivity (Wildman–Crippen MR) is 135 cm³/mol. The molecular weight excluding hydrogens is 470 g/mol. The topological polar surface area (TPSA) is 101 Å². The van der Waals surface area contributed by atoms with Gasteiger partial charge in [-0.2, -0.15) is 0 Å². The van der Waals surface area contributed by atoms with Crippen LogP contribution in [-0.2, 0) is 9.59 Å². The maximum atomic E-state index is 14.0. The zero-order chi connectivity index (χ0) is 25.8. The van der Waals surface area contributed by atoms with Crippen LogP contribution in [0, 0.1) is 22.0 Å². The molecule has 5 atom stereocenters. The van der Waals surface area contributed by atoms with Crippen LogP contribution in [0.1, 0.15) is 46.1 Å². The number of ketones is 1. The van der Waals surface area contributed by atoms with Crippen LogP contribution in [0.2, 0.25) is 0 Å². The van der Waals surface area contributed by atoms with Crippen LogP contribution < -0.4 is 0 Å². The Kier molecular flexibility index (Phi) is 5.26. The number of rotatable bonds is 5. The number of amides is 2. The first kappa shape index (κ1) is 22.8. The molecule has 0 spiro atoms. The fourth-order valence-electron chi connectivity index (χ4n) is 6.06. The highest BCUT2D eigenvalue weighted by Gasteiger charge is 2.64. The van der Waals surface area contributed by atoms with E-state index in [1.165, 1.54) is 29.2 Å². The van der Waals surface area contributed by atoms with Crippen molar-refractivity contribution in [2.24, 2.45) is 11.8 Å². The van der Waals surface area contributed by atoms with Gasteiger partial charge in [-0.1, -0.05) is 54.6 Å². The molecule has 8 nitrogen and oxygen atoms in total. The molecule has 8 heteroatoms. The number of hydrogen-bond acceptors (Lipinski definition) is 6. The van der Waals surface area contributed by atoms with Crippen molar-refractivity contribution in [1.29, 1.82) is 0 Å². The van der Waals surface area contributed by atoms with Crippen LogP contribution in [0.15, 0.2) is 85.1 Å². The summed E-state index contributed by atoms with van der Waals surface area (Å²) in [5.74, 6) is -2.59. The second kappa shape index (κ2) is 8.51. The molecule has 3 aromatic carbocycles. The number of fused-ring (bicyclic) bond motifs is 5. The summed E-state index contributed by atoms with van der Waals surface area (Å²) in [6.45, 7) is 1.83. The summed E-state index contributed by atoms with van der Waals surface area (Å²) in [6, 6.07) is 20.6. The van der Waals surface area contributed by atoms with Crippen molar-refractivity contribution in [3.8, 4) is 0 Å². The third-order valence-corrected chi connectivity index (χ3v) is 7.80. The highest BCUT2D eigenvalue weighted by molar-refractivity contribution is 6.12. The number of imide groups is 1. The maximum Gasteiger partial charge on any atom is 0.269 e. The van der Waals surface area contributed by atoms with Gasteiger partial charge in [0.15, 0.2) is 5.78 Å². The smallest absolute Gasteiger partial charge is 0.269 e. The van der Waals surface area contributed by atoms with Crippen LogP contribution >= 0.6 is 0 Å². The number of nitrogens with zero attached hydrogens (tertiary/aromatic N) is 3. The molecule has 3 aliphatic heterocycles. The number of benzene rings is 3. The van der Waals surface area contributed by atoms with Gasteiger partial charge in [-0.3, -0.25) is 29.4 Å². The largest absolute Gasteiger partial charge is 0.358 e. The van der Waals surface area contributed by atoms with Gasteiger partial charge in [0.2, 0.25) is 11.8 Å². The summed E-state index contributed by atoms with van der Waals surface area (Å²) >= 11 is 0. The van der Waals surface area contributed by atoms with E-state index in [9.17, 15) is 24.5 Å². The van der Waals surface area contributed by atoms with E-state index in [1.807, 2.05) is 72.5 Å². The van der Waals surface area contributed by atoms with E-state index < -0.39 is 34.9 Å². The molecule has 0 radical (unpaired) electrons. The van der Waals surface area contributed by atoms with Crippen LogP contribution in [0.25, 0.3) is 6.08 Å². The summed E-state index contributed by atoms with van der Waals surface area (Å²) in [5.41, 5.74) is 2.82. The molecule has 184 valence electrons. The molecule has 2 saturated heterocycles. The Labute approximate surface area is 213 Å². The van der Waals surface area contributed by atoms with Crippen molar-refractivity contribution in [2.75, 3.05) is 0 Å². The summed E-state index contributed by atoms with van der Waals surface area (Å²) in [5, 5.41) is 11.1. The number of nitro groups is 1. The van der Waals surface area contributed by atoms with E-state index >= 15 is 0 Å². The molecule has 37 heavy (non-hydrogen) atoms. The van der Waals surface area contributed by atoms with Gasteiger partial charge in [0.25, 0.3) is 5.69 Å². The fourth-order valence-corrected chi connectivity index (χ4v) is 6.06. The summed E-state index contributed by atoms with van der Waals surface area (Å²) in [7, 11) is 0. The summed E-state index contributed by atoms with van der Waals surface area (Å²) in [6.07, 6.45) is 3.69. The van der Waals surface area contributed by atoms with E-state index in [-0.39, 0.29) is 28.8 Å². The van der Waals surface area contributed by atoms with Crippen molar-refractivity contribution in [1.82, 2.24) is 9.80 Å². The average molecular weight is 494 g/mol. The van der Waals surface area contributed by atoms with E-state index in [2.05, 4.69) is 0 Å². The molecule has 0 aromatic heterocycles. The van der Waals surface area contributed by atoms with Crippen molar-refractivity contribution in [2.45, 2.75) is 25.0 Å². The molecule has 2 fully saturated rings. The van der Waals surface area contributed by atoms with Crippen molar-refractivity contribution in [3.63, 3.8) is 0 Å². The fraction of sp³-hybridized carbons (Fsp3) is 0.207. The second-order valence-corrected chi connectivity index (χ2v) is 9.63. The van der Waals surface area contributed by atoms with Gasteiger partial charge in [0.05, 0.1) is 28.8 Å². The van der Waals surface area contributed by atoms with Gasteiger partial charge in [-0.05, 0) is 41.8 Å². The Hall–Kier alpha value is -4.59. The van der Waals surface area contributed by atoms with Gasteiger partial charge >= 0.3 is 0 Å². The van der Waals surface area contributed by atoms with Gasteiger partial charge in [0, 0.05) is 23.9 Å². The van der Waals surface area contributed by atoms with Crippen LogP contribution in [0.4, 0.5) is 5.69 Å². The van der Waals surface area contributed by atoms with Gasteiger partial charge in [-0.15, -0.1) is 0 Å². The van der Waals surface area contributed by atoms with Crippen molar-refractivity contribution in [3.05, 3.63) is 117 Å². The molecule has 0 N–H and O–H groups in total. The molecule has 3 heterocycles. The normalized spacial score (nSPS) is 24.5. The molecule has 0 aliphatic carbocycles. The molecule has 2 amide bonds. The Morgan fingerprint density at radius 1 is 0.892 bits per heavy atom. The zero-order valence-corrected chi connectivity index (χ0v) is 19.9. The number of nitro benzene ring substituents is 1. The first-order valence-electron chi connectivity index (χ1n) is 12.1. The summed E-state index contributed by atoms with van der Waals surface area (Å²) < 4.78 is 0. The van der Waals surface area contributed by atoms with E-state index in [1.54, 1.807) is 6.20 Å². The first-order valence-corrected chi connectivity index (χ1v) is 12.1. The number of carbonyl (C=O) groups excluding carboxylic acids is 3. The molecule has 0 saturated carbocycles. The Bertz CT molecular complexity index is 1470. The number of hydrogen-bond donors (Lipinski definition) is 0. The molecule has 3 aromatic rings. The lowest BCUT2D eigenvalue weighted by molar-refractivity contribution is -0.384. The zero-order valence-electron chi connectivity index (χ0n) is 19.9. The lowest BCUT2D eigenvalue weighted by Crippen LogP contribution is -2.44. The number of Topliss-reactive ketones (excluding diaryl/α,β-unsaturated/α-hetero) is 1. The van der Waals surface area contributed by atoms with Crippen LogP contribution in [0.5, 0.6) is 0 Å². The van der Waals surface area contributed by atoms with E-state index in [4.69, 9.17) is 0 Å². The third-order valence-electron chi connectivity index (χ3n) is 7.80. The monoisotopic (exact) mass is 493 g/mol. The SMILES string of the molecule is C[C@@H](c1ccccc1)N1C(=O)[C@@H]2[C@H](C1=O)[C@@H]1c3ccccc3C=CN1[C@@H]2C(=O)c1ccc([N+](=O)[O-])cc1. The highest BCUT2D eigenvalue weighted by atomic mass is 16.6. The lowest BCUT2D eigenvalue weighted by atomic mass is 9.83. The standard InChI is InChI=1S/C29H23N3O5/c1-17(18-7-3-2-4-8-18)31-28(34)23-24(29(31)35)26(27(33)20-11-13-21(14-12-20)32(36)37)30-16-15-19-9-5-6-10-22(19)25(23)30/h2-17,23-26H,1H3/t17-,23-,24+,25-,26-/m0/s1. The molecule has 0 bridgehead atoms. The quantitative estimate of drug-likeness (QED) is 0.224. The molecule has 3 aliphatic rings. The Morgan fingerprint density at radius 2 is 1.54 bits per heavy atom. The van der Waals surface area contributed by atoms with Gasteiger partial charge in [0.1, 0.15) is 6.04 Å².